The van der Waals surface area contributed by atoms with Crippen molar-refractivity contribution in [1.82, 2.24) is 14.8 Å². The normalized spacial score (nSPS) is 10.8. The standard InChI is InChI=1S/C23H21BrN4O2S2/c1-3-30-18-9-7-17(8-10-18)28-22(20-5-4-12-31-20)26-27-23(28)32-14-21(29)25-19-11-6-16(24)13-15(19)2/h4-13H,3,14H2,1-2H3,(H,25,29). The van der Waals surface area contributed by atoms with E-state index in [4.69, 9.17) is 4.74 Å². The molecule has 1 N–H and O–H groups in total. The summed E-state index contributed by atoms with van der Waals surface area (Å²) in [5.74, 6) is 1.67. The van der Waals surface area contributed by atoms with Crippen molar-refractivity contribution in [2.45, 2.75) is 19.0 Å². The number of nitrogens with zero attached hydrogens (tertiary/aromatic N) is 3. The van der Waals surface area contributed by atoms with Gasteiger partial charge in [-0.1, -0.05) is 33.8 Å². The minimum Gasteiger partial charge on any atom is -0.494 e. The topological polar surface area (TPSA) is 69.0 Å². The summed E-state index contributed by atoms with van der Waals surface area (Å²) < 4.78 is 8.52. The van der Waals surface area contributed by atoms with E-state index in [2.05, 4.69) is 31.4 Å². The van der Waals surface area contributed by atoms with Crippen LogP contribution in [0.5, 0.6) is 5.75 Å². The van der Waals surface area contributed by atoms with E-state index in [1.165, 1.54) is 11.8 Å². The molecule has 0 saturated carbocycles. The number of anilines is 1. The maximum atomic E-state index is 12.6. The predicted molar refractivity (Wildman–Crippen MR) is 134 cm³/mol. The van der Waals surface area contributed by atoms with Crippen LogP contribution in [0.15, 0.2) is 69.6 Å². The quantitative estimate of drug-likeness (QED) is 0.276. The third-order valence-electron chi connectivity index (χ3n) is 4.58. The SMILES string of the molecule is CCOc1ccc(-n2c(SCC(=O)Nc3ccc(Br)cc3C)nnc2-c2cccs2)cc1. The van der Waals surface area contributed by atoms with Gasteiger partial charge in [0, 0.05) is 10.2 Å². The zero-order chi connectivity index (χ0) is 22.5. The molecular weight excluding hydrogens is 508 g/mol. The maximum Gasteiger partial charge on any atom is 0.234 e. The summed E-state index contributed by atoms with van der Waals surface area (Å²) in [7, 11) is 0. The second-order valence-corrected chi connectivity index (χ2v) is 9.65. The Labute approximate surface area is 203 Å². The fraction of sp³-hybridized carbons (Fsp3) is 0.174. The molecule has 2 aromatic carbocycles. The van der Waals surface area contributed by atoms with E-state index < -0.39 is 0 Å². The molecule has 9 heteroatoms. The summed E-state index contributed by atoms with van der Waals surface area (Å²) in [4.78, 5) is 13.6. The van der Waals surface area contributed by atoms with Crippen LogP contribution in [0.1, 0.15) is 12.5 Å². The van der Waals surface area contributed by atoms with Crippen molar-refractivity contribution in [1.29, 1.82) is 0 Å². The van der Waals surface area contributed by atoms with Gasteiger partial charge in [-0.3, -0.25) is 9.36 Å². The van der Waals surface area contributed by atoms with E-state index in [1.54, 1.807) is 11.3 Å². The molecule has 0 aliphatic carbocycles. The van der Waals surface area contributed by atoms with Crippen molar-refractivity contribution in [2.24, 2.45) is 0 Å². The molecule has 164 valence electrons. The number of halogens is 1. The van der Waals surface area contributed by atoms with Crippen LogP contribution in [-0.4, -0.2) is 33.0 Å². The second-order valence-electron chi connectivity index (χ2n) is 6.84. The van der Waals surface area contributed by atoms with E-state index in [9.17, 15) is 4.79 Å². The van der Waals surface area contributed by atoms with E-state index in [-0.39, 0.29) is 11.7 Å². The van der Waals surface area contributed by atoms with Gasteiger partial charge in [-0.05, 0) is 73.3 Å². The fourth-order valence-electron chi connectivity index (χ4n) is 3.10. The second kappa shape index (κ2) is 10.3. The van der Waals surface area contributed by atoms with Crippen LogP contribution in [0.4, 0.5) is 5.69 Å². The number of carbonyl (C=O) groups is 1. The molecule has 0 radical (unpaired) electrons. The van der Waals surface area contributed by atoms with Crippen molar-refractivity contribution in [2.75, 3.05) is 17.7 Å². The summed E-state index contributed by atoms with van der Waals surface area (Å²) in [6.07, 6.45) is 0. The molecule has 0 saturated heterocycles. The van der Waals surface area contributed by atoms with Crippen LogP contribution in [0, 0.1) is 6.92 Å². The van der Waals surface area contributed by atoms with Gasteiger partial charge in [0.15, 0.2) is 11.0 Å². The Morgan fingerprint density at radius 3 is 2.69 bits per heavy atom. The Hall–Kier alpha value is -2.62. The third-order valence-corrected chi connectivity index (χ3v) is 6.86. The molecule has 0 atom stereocenters. The Kier molecular flexibility index (Phi) is 7.29. The van der Waals surface area contributed by atoms with Gasteiger partial charge in [-0.2, -0.15) is 0 Å². The number of nitrogens with one attached hydrogen (secondary N) is 1. The minimum atomic E-state index is -0.0978. The molecule has 0 fully saturated rings. The van der Waals surface area contributed by atoms with E-state index in [0.29, 0.717) is 11.8 Å². The first-order chi connectivity index (χ1) is 15.5. The molecule has 0 bridgehead atoms. The average molecular weight is 529 g/mol. The molecule has 0 spiro atoms. The van der Waals surface area contributed by atoms with Gasteiger partial charge in [0.25, 0.3) is 0 Å². The smallest absolute Gasteiger partial charge is 0.234 e. The van der Waals surface area contributed by atoms with Gasteiger partial charge in [0.2, 0.25) is 5.91 Å². The number of ether oxygens (including phenoxy) is 1. The van der Waals surface area contributed by atoms with Gasteiger partial charge in [0.05, 0.1) is 22.9 Å². The van der Waals surface area contributed by atoms with Crippen molar-refractivity contribution < 1.29 is 9.53 Å². The number of aryl methyl sites for hydroxylation is 1. The first kappa shape index (κ1) is 22.6. The van der Waals surface area contributed by atoms with Crippen LogP contribution in [0.3, 0.4) is 0 Å². The highest BCUT2D eigenvalue weighted by molar-refractivity contribution is 9.10. The summed E-state index contributed by atoms with van der Waals surface area (Å²) in [5, 5.41) is 14.4. The summed E-state index contributed by atoms with van der Waals surface area (Å²) in [6.45, 7) is 4.53. The Morgan fingerprint density at radius 1 is 1.19 bits per heavy atom. The molecule has 0 aliphatic heterocycles. The Balaban J connectivity index is 1.56. The third kappa shape index (κ3) is 5.23. The van der Waals surface area contributed by atoms with Crippen molar-refractivity contribution >= 4 is 50.6 Å². The van der Waals surface area contributed by atoms with Gasteiger partial charge in [-0.25, -0.2) is 0 Å². The van der Waals surface area contributed by atoms with Crippen LogP contribution in [0.25, 0.3) is 16.4 Å². The molecular formula is C23H21BrN4O2S2. The molecule has 6 nitrogen and oxygen atoms in total. The summed E-state index contributed by atoms with van der Waals surface area (Å²) in [5.41, 5.74) is 2.70. The summed E-state index contributed by atoms with van der Waals surface area (Å²) in [6, 6.07) is 17.6. The average Bonchev–Trinajstić information content (AvgIpc) is 3.45. The molecule has 0 aliphatic rings. The van der Waals surface area contributed by atoms with E-state index in [0.717, 1.165) is 37.9 Å². The fourth-order valence-corrected chi connectivity index (χ4v) is 5.03. The number of aromatic nitrogens is 3. The lowest BCUT2D eigenvalue weighted by molar-refractivity contribution is -0.113. The monoisotopic (exact) mass is 528 g/mol. The number of benzene rings is 2. The van der Waals surface area contributed by atoms with Gasteiger partial charge in [0.1, 0.15) is 5.75 Å². The van der Waals surface area contributed by atoms with Gasteiger partial charge < -0.3 is 10.1 Å². The Bertz CT molecular complexity index is 1210. The van der Waals surface area contributed by atoms with Crippen molar-refractivity contribution in [3.63, 3.8) is 0 Å². The lowest BCUT2D eigenvalue weighted by Crippen LogP contribution is -2.15. The number of hydrogen-bond donors (Lipinski definition) is 1. The number of thiophene rings is 1. The molecule has 4 aromatic rings. The number of thioether (sulfide) groups is 1. The molecule has 2 heterocycles. The number of carbonyl (C=O) groups excluding carboxylic acids is 1. The number of rotatable bonds is 8. The summed E-state index contributed by atoms with van der Waals surface area (Å²) >= 11 is 6.39. The lowest BCUT2D eigenvalue weighted by atomic mass is 10.2. The zero-order valence-corrected chi connectivity index (χ0v) is 20.8. The first-order valence-corrected chi connectivity index (χ1v) is 12.6. The zero-order valence-electron chi connectivity index (χ0n) is 17.5. The molecule has 32 heavy (non-hydrogen) atoms. The van der Waals surface area contributed by atoms with Crippen molar-refractivity contribution in [3.05, 3.63) is 70.0 Å². The number of amides is 1. The molecule has 1 amide bonds. The number of hydrogen-bond acceptors (Lipinski definition) is 6. The maximum absolute atomic E-state index is 12.6. The lowest BCUT2D eigenvalue weighted by Gasteiger charge is -2.11. The van der Waals surface area contributed by atoms with E-state index in [1.807, 2.05) is 78.4 Å². The van der Waals surface area contributed by atoms with Crippen LogP contribution in [0.2, 0.25) is 0 Å². The first-order valence-electron chi connectivity index (χ1n) is 9.96. The van der Waals surface area contributed by atoms with Gasteiger partial charge >= 0.3 is 0 Å². The van der Waals surface area contributed by atoms with Crippen LogP contribution < -0.4 is 10.1 Å². The van der Waals surface area contributed by atoms with E-state index >= 15 is 0 Å². The highest BCUT2D eigenvalue weighted by Gasteiger charge is 2.18. The van der Waals surface area contributed by atoms with Crippen molar-refractivity contribution in [3.8, 4) is 22.1 Å². The Morgan fingerprint density at radius 2 is 2.00 bits per heavy atom. The van der Waals surface area contributed by atoms with Gasteiger partial charge in [-0.15, -0.1) is 21.5 Å². The highest BCUT2D eigenvalue weighted by Crippen LogP contribution is 2.31. The largest absolute Gasteiger partial charge is 0.494 e. The molecule has 0 unspecified atom stereocenters. The predicted octanol–water partition coefficient (Wildman–Crippen LogP) is 6.20. The van der Waals surface area contributed by atoms with Crippen LogP contribution >= 0.6 is 39.0 Å². The minimum absolute atomic E-state index is 0.0978. The highest BCUT2D eigenvalue weighted by atomic mass is 79.9. The van der Waals surface area contributed by atoms with Crippen LogP contribution in [-0.2, 0) is 4.79 Å². The molecule has 4 rings (SSSR count). The molecule has 2 aromatic heterocycles.